The van der Waals surface area contributed by atoms with E-state index in [-0.39, 0.29) is 46.6 Å². The summed E-state index contributed by atoms with van der Waals surface area (Å²) < 4.78 is 23.5. The molecule has 53 heavy (non-hydrogen) atoms. The van der Waals surface area contributed by atoms with Crippen LogP contribution in [0.1, 0.15) is 57.0 Å². The first kappa shape index (κ1) is 35.4. The third-order valence-corrected chi connectivity index (χ3v) is 9.02. The lowest BCUT2D eigenvalue weighted by atomic mass is 9.93. The van der Waals surface area contributed by atoms with Gasteiger partial charge in [0, 0.05) is 34.4 Å². The van der Waals surface area contributed by atoms with Gasteiger partial charge in [0.05, 0.1) is 22.9 Å². The van der Waals surface area contributed by atoms with Crippen molar-refractivity contribution in [1.82, 2.24) is 10.3 Å². The first-order valence-corrected chi connectivity index (χ1v) is 17.4. The number of amides is 2. The average Bonchev–Trinajstić information content (AvgIpc) is 3.61. The smallest absolute Gasteiger partial charge is 0.337 e. The largest absolute Gasteiger partial charge is 0.490 e. The molecule has 11 nitrogen and oxygen atoms in total. The SMILES string of the molecule is O=C(Nc1ccccc1C(=O)O)c1ccc(Oc2ccc3cc(OC4CCC(NC(=O)c5ccc(Oc6cc(Cl)cc(Cl)c6)o5)CC4)ccc3c2)nc1. The molecule has 0 bridgehead atoms. The normalized spacial score (nSPS) is 15.4. The second-order valence-corrected chi connectivity index (χ2v) is 13.2. The number of hydrogen-bond donors (Lipinski definition) is 3. The highest BCUT2D eigenvalue weighted by atomic mass is 35.5. The van der Waals surface area contributed by atoms with E-state index in [1.807, 2.05) is 36.4 Å². The van der Waals surface area contributed by atoms with Gasteiger partial charge in [0.25, 0.3) is 17.8 Å². The van der Waals surface area contributed by atoms with E-state index in [9.17, 15) is 19.5 Å². The van der Waals surface area contributed by atoms with Gasteiger partial charge in [-0.3, -0.25) is 9.59 Å². The molecule has 2 heterocycles. The van der Waals surface area contributed by atoms with E-state index >= 15 is 0 Å². The average molecular weight is 753 g/mol. The second kappa shape index (κ2) is 15.7. The number of aromatic carboxylic acids is 1. The molecule has 2 aromatic heterocycles. The van der Waals surface area contributed by atoms with Crippen molar-refractivity contribution in [3.63, 3.8) is 0 Å². The number of nitrogens with one attached hydrogen (secondary N) is 2. The van der Waals surface area contributed by atoms with Crippen LogP contribution < -0.4 is 24.8 Å². The molecule has 0 radical (unpaired) electrons. The zero-order valence-electron chi connectivity index (χ0n) is 27.9. The van der Waals surface area contributed by atoms with Gasteiger partial charge < -0.3 is 34.4 Å². The van der Waals surface area contributed by atoms with Crippen LogP contribution in [-0.4, -0.2) is 40.0 Å². The van der Waals surface area contributed by atoms with E-state index in [0.717, 1.165) is 42.2 Å². The molecular formula is C40H31Cl2N3O8. The van der Waals surface area contributed by atoms with Crippen molar-refractivity contribution in [3.8, 4) is 29.1 Å². The molecule has 7 rings (SSSR count). The van der Waals surface area contributed by atoms with Crippen LogP contribution in [0.4, 0.5) is 5.69 Å². The number of aromatic nitrogens is 1. The second-order valence-electron chi connectivity index (χ2n) is 12.4. The number of carbonyl (C=O) groups excluding carboxylic acids is 2. The van der Waals surface area contributed by atoms with E-state index < -0.39 is 11.9 Å². The molecule has 1 aliphatic rings. The number of fused-ring (bicyclic) bond motifs is 1. The van der Waals surface area contributed by atoms with Crippen molar-refractivity contribution in [1.29, 1.82) is 0 Å². The van der Waals surface area contributed by atoms with Gasteiger partial charge in [-0.05, 0) is 103 Å². The number of furan rings is 1. The maximum absolute atomic E-state index is 12.9. The fourth-order valence-electron chi connectivity index (χ4n) is 5.98. The quantitative estimate of drug-likeness (QED) is 0.118. The number of ether oxygens (including phenoxy) is 3. The van der Waals surface area contributed by atoms with Crippen LogP contribution in [0.3, 0.4) is 0 Å². The molecule has 0 aliphatic heterocycles. The first-order chi connectivity index (χ1) is 25.6. The topological polar surface area (TPSA) is 149 Å². The molecule has 0 spiro atoms. The van der Waals surface area contributed by atoms with Crippen molar-refractivity contribution in [2.24, 2.45) is 0 Å². The standard InChI is InChI=1S/C40H31Cl2N3O8/c41-26-19-27(42)21-32(20-26)52-37-16-14-35(53-37)39(47)44-28-8-12-29(13-9-28)50-30-10-5-24-18-31(11-6-23(24)17-30)51-36-15-7-25(22-43-36)38(46)45-34-4-2-1-3-33(34)40(48)49/h1-7,10-11,14-22,28-29H,8-9,12-13H2,(H,44,47)(H,45,46)(H,48,49). The van der Waals surface area contributed by atoms with Crippen LogP contribution in [0.5, 0.6) is 29.1 Å². The molecule has 6 aromatic rings. The van der Waals surface area contributed by atoms with Gasteiger partial charge in [-0.2, -0.15) is 0 Å². The Morgan fingerprint density at radius 1 is 0.736 bits per heavy atom. The summed E-state index contributed by atoms with van der Waals surface area (Å²) in [5, 5.41) is 17.8. The number of carboxylic acid groups (broad SMARTS) is 1. The lowest BCUT2D eigenvalue weighted by Crippen LogP contribution is -2.39. The van der Waals surface area contributed by atoms with Crippen LogP contribution in [0.25, 0.3) is 10.8 Å². The zero-order chi connectivity index (χ0) is 36.9. The summed E-state index contributed by atoms with van der Waals surface area (Å²) in [6.45, 7) is 0. The number of para-hydroxylation sites is 1. The number of carbonyl (C=O) groups is 3. The predicted octanol–water partition coefficient (Wildman–Crippen LogP) is 9.79. The van der Waals surface area contributed by atoms with Crippen LogP contribution in [0.2, 0.25) is 10.0 Å². The van der Waals surface area contributed by atoms with Crippen molar-refractivity contribution < 1.29 is 38.1 Å². The Hall–Kier alpha value is -6.04. The van der Waals surface area contributed by atoms with Crippen molar-refractivity contribution >= 4 is 57.4 Å². The molecule has 1 saturated carbocycles. The van der Waals surface area contributed by atoms with Gasteiger partial charge in [0.2, 0.25) is 5.88 Å². The van der Waals surface area contributed by atoms with E-state index in [2.05, 4.69) is 15.6 Å². The minimum absolute atomic E-state index is 0.00879. The molecule has 0 unspecified atom stereocenters. The lowest BCUT2D eigenvalue weighted by molar-refractivity contribution is 0.0697. The highest BCUT2D eigenvalue weighted by Crippen LogP contribution is 2.32. The summed E-state index contributed by atoms with van der Waals surface area (Å²) in [6.07, 6.45) is 4.45. The number of benzene rings is 4. The van der Waals surface area contributed by atoms with E-state index in [1.165, 1.54) is 18.3 Å². The third-order valence-electron chi connectivity index (χ3n) is 8.58. The fraction of sp³-hybridized carbons (Fsp3) is 0.150. The van der Waals surface area contributed by atoms with E-state index in [0.29, 0.717) is 27.4 Å². The molecule has 0 saturated heterocycles. The molecule has 1 aliphatic carbocycles. The van der Waals surface area contributed by atoms with Gasteiger partial charge in [0.1, 0.15) is 17.2 Å². The van der Waals surface area contributed by atoms with Gasteiger partial charge in [0.15, 0.2) is 5.76 Å². The fourth-order valence-corrected chi connectivity index (χ4v) is 6.49. The highest BCUT2D eigenvalue weighted by Gasteiger charge is 2.25. The molecule has 1 fully saturated rings. The van der Waals surface area contributed by atoms with Gasteiger partial charge in [-0.25, -0.2) is 9.78 Å². The number of rotatable bonds is 11. The van der Waals surface area contributed by atoms with Gasteiger partial charge >= 0.3 is 5.97 Å². The van der Waals surface area contributed by atoms with Crippen LogP contribution in [0.15, 0.2) is 114 Å². The van der Waals surface area contributed by atoms with Crippen molar-refractivity contribution in [2.45, 2.75) is 37.8 Å². The van der Waals surface area contributed by atoms with Gasteiger partial charge in [-0.15, -0.1) is 0 Å². The minimum Gasteiger partial charge on any atom is -0.490 e. The third kappa shape index (κ3) is 8.89. The Balaban J connectivity index is 0.884. The van der Waals surface area contributed by atoms with Gasteiger partial charge in [-0.1, -0.05) is 47.5 Å². The molecule has 2 amide bonds. The number of nitrogens with zero attached hydrogens (tertiary/aromatic N) is 1. The Labute approximate surface area is 313 Å². The van der Waals surface area contributed by atoms with Crippen molar-refractivity contribution in [2.75, 3.05) is 5.32 Å². The Morgan fingerprint density at radius 3 is 2.17 bits per heavy atom. The number of carboxylic acids is 1. The van der Waals surface area contributed by atoms with Crippen LogP contribution >= 0.6 is 23.2 Å². The minimum atomic E-state index is -1.14. The Morgan fingerprint density at radius 2 is 1.45 bits per heavy atom. The molecule has 0 atom stereocenters. The van der Waals surface area contributed by atoms with Crippen LogP contribution in [0, 0.1) is 0 Å². The summed E-state index contributed by atoms with van der Waals surface area (Å²) in [5.74, 6) is 0.367. The van der Waals surface area contributed by atoms with Crippen LogP contribution in [-0.2, 0) is 0 Å². The molecule has 13 heteroatoms. The molecule has 3 N–H and O–H groups in total. The molecular weight excluding hydrogens is 721 g/mol. The highest BCUT2D eigenvalue weighted by molar-refractivity contribution is 6.34. The first-order valence-electron chi connectivity index (χ1n) is 16.7. The maximum atomic E-state index is 12.9. The lowest BCUT2D eigenvalue weighted by Gasteiger charge is -2.29. The van der Waals surface area contributed by atoms with Crippen molar-refractivity contribution in [3.05, 3.63) is 136 Å². The summed E-state index contributed by atoms with van der Waals surface area (Å²) in [5.41, 5.74) is 0.433. The number of hydrogen-bond acceptors (Lipinski definition) is 8. The summed E-state index contributed by atoms with van der Waals surface area (Å²) >= 11 is 12.1. The molecule has 268 valence electrons. The molecule has 4 aromatic carbocycles. The summed E-state index contributed by atoms with van der Waals surface area (Å²) in [6, 6.07) is 28.7. The predicted molar refractivity (Wildman–Crippen MR) is 199 cm³/mol. The number of halogens is 2. The number of anilines is 1. The van der Waals surface area contributed by atoms with E-state index in [4.69, 9.17) is 41.8 Å². The number of pyridine rings is 1. The maximum Gasteiger partial charge on any atom is 0.337 e. The van der Waals surface area contributed by atoms with E-state index in [1.54, 1.807) is 54.6 Å². The Bertz CT molecular complexity index is 2280. The summed E-state index contributed by atoms with van der Waals surface area (Å²) in [7, 11) is 0. The summed E-state index contributed by atoms with van der Waals surface area (Å²) in [4.78, 5) is 41.2. The zero-order valence-corrected chi connectivity index (χ0v) is 29.4. The Kier molecular flexibility index (Phi) is 10.5. The monoisotopic (exact) mass is 751 g/mol.